The van der Waals surface area contributed by atoms with E-state index in [1.165, 1.54) is 47.7 Å². The van der Waals surface area contributed by atoms with Gasteiger partial charge in [-0.25, -0.2) is 0 Å². The summed E-state index contributed by atoms with van der Waals surface area (Å²) in [5.74, 6) is 3.03. The minimum Gasteiger partial charge on any atom is -0.310 e. The molecule has 0 saturated heterocycles. The molecule has 110 valence electrons. The molecule has 0 radical (unpaired) electrons. The zero-order chi connectivity index (χ0) is 14.1. The van der Waals surface area contributed by atoms with Gasteiger partial charge < -0.3 is 5.32 Å². The molecule has 2 aliphatic rings. The summed E-state index contributed by atoms with van der Waals surface area (Å²) in [6.45, 7) is 5.43. The minimum atomic E-state index is 0.529. The van der Waals surface area contributed by atoms with Gasteiger partial charge in [-0.3, -0.25) is 0 Å². The van der Waals surface area contributed by atoms with Crippen LogP contribution in [-0.2, 0) is 0 Å². The van der Waals surface area contributed by atoms with Crippen molar-refractivity contribution in [2.24, 2.45) is 17.8 Å². The fourth-order valence-corrected chi connectivity index (χ4v) is 4.77. The SMILES string of the molecule is CCNC(CC1CC2CCC1C2)c1ccc(C)c(Br)c1. The molecule has 0 aliphatic heterocycles. The maximum Gasteiger partial charge on any atom is 0.0323 e. The van der Waals surface area contributed by atoms with Crippen LogP contribution in [-0.4, -0.2) is 6.54 Å². The van der Waals surface area contributed by atoms with Crippen molar-refractivity contribution in [1.29, 1.82) is 0 Å². The van der Waals surface area contributed by atoms with E-state index in [2.05, 4.69) is 53.3 Å². The Morgan fingerprint density at radius 1 is 1.30 bits per heavy atom. The first-order valence-corrected chi connectivity index (χ1v) is 8.96. The van der Waals surface area contributed by atoms with Crippen molar-refractivity contribution >= 4 is 15.9 Å². The lowest BCUT2D eigenvalue weighted by Crippen LogP contribution is -2.25. The van der Waals surface area contributed by atoms with Crippen molar-refractivity contribution < 1.29 is 0 Å². The molecule has 1 aromatic carbocycles. The largest absolute Gasteiger partial charge is 0.310 e. The van der Waals surface area contributed by atoms with Gasteiger partial charge in [0.2, 0.25) is 0 Å². The van der Waals surface area contributed by atoms with Gasteiger partial charge in [0.25, 0.3) is 0 Å². The van der Waals surface area contributed by atoms with Crippen LogP contribution in [0.5, 0.6) is 0 Å². The van der Waals surface area contributed by atoms with Crippen molar-refractivity contribution in [2.45, 2.75) is 52.0 Å². The Morgan fingerprint density at radius 2 is 2.15 bits per heavy atom. The Balaban J connectivity index is 1.73. The molecule has 0 heterocycles. The van der Waals surface area contributed by atoms with E-state index in [1.807, 2.05) is 0 Å². The third-order valence-corrected chi connectivity index (χ3v) is 6.33. The molecular weight excluding hydrogens is 310 g/mol. The number of benzene rings is 1. The summed E-state index contributed by atoms with van der Waals surface area (Å²) in [7, 11) is 0. The molecule has 3 rings (SSSR count). The van der Waals surface area contributed by atoms with Crippen LogP contribution in [0.15, 0.2) is 22.7 Å². The summed E-state index contributed by atoms with van der Waals surface area (Å²) in [6, 6.07) is 7.39. The number of nitrogens with one attached hydrogen (secondary N) is 1. The average molecular weight is 336 g/mol. The molecule has 2 fully saturated rings. The van der Waals surface area contributed by atoms with E-state index in [1.54, 1.807) is 0 Å². The Kier molecular flexibility index (Phi) is 4.52. The van der Waals surface area contributed by atoms with Crippen LogP contribution in [0.25, 0.3) is 0 Å². The highest BCUT2D eigenvalue weighted by molar-refractivity contribution is 9.10. The van der Waals surface area contributed by atoms with Crippen LogP contribution in [0.1, 0.15) is 56.2 Å². The molecule has 2 saturated carbocycles. The Bertz CT molecular complexity index is 470. The Labute approximate surface area is 131 Å². The number of aryl methyl sites for hydroxylation is 1. The predicted octanol–water partition coefficient (Wildman–Crippen LogP) is 5.23. The molecule has 4 atom stereocenters. The van der Waals surface area contributed by atoms with Gasteiger partial charge in [-0.15, -0.1) is 0 Å². The van der Waals surface area contributed by atoms with Gasteiger partial charge in [-0.2, -0.15) is 0 Å². The van der Waals surface area contributed by atoms with Gasteiger partial charge in [-0.05, 0) is 74.1 Å². The number of hydrogen-bond donors (Lipinski definition) is 1. The molecular formula is C18H26BrN. The third-order valence-electron chi connectivity index (χ3n) is 5.47. The van der Waals surface area contributed by atoms with Gasteiger partial charge in [0, 0.05) is 10.5 Å². The average Bonchev–Trinajstić information content (AvgIpc) is 3.04. The summed E-state index contributed by atoms with van der Waals surface area (Å²) in [5.41, 5.74) is 2.77. The Hall–Kier alpha value is -0.340. The first-order valence-electron chi connectivity index (χ1n) is 8.16. The first-order chi connectivity index (χ1) is 9.67. The maximum absolute atomic E-state index is 3.71. The zero-order valence-electron chi connectivity index (χ0n) is 12.7. The summed E-state index contributed by atoms with van der Waals surface area (Å²) >= 11 is 3.68. The smallest absolute Gasteiger partial charge is 0.0323 e. The topological polar surface area (TPSA) is 12.0 Å². The normalized spacial score (nSPS) is 29.9. The molecule has 1 N–H and O–H groups in total. The molecule has 0 aromatic heterocycles. The molecule has 0 amide bonds. The maximum atomic E-state index is 3.71. The van der Waals surface area contributed by atoms with Gasteiger partial charge >= 0.3 is 0 Å². The van der Waals surface area contributed by atoms with E-state index in [0.717, 1.165) is 24.3 Å². The molecule has 1 aromatic rings. The minimum absolute atomic E-state index is 0.529. The molecule has 20 heavy (non-hydrogen) atoms. The van der Waals surface area contributed by atoms with Crippen LogP contribution in [0.2, 0.25) is 0 Å². The van der Waals surface area contributed by atoms with Gasteiger partial charge in [-0.1, -0.05) is 41.4 Å². The van der Waals surface area contributed by atoms with Crippen molar-refractivity contribution in [2.75, 3.05) is 6.54 Å². The van der Waals surface area contributed by atoms with Crippen LogP contribution < -0.4 is 5.32 Å². The van der Waals surface area contributed by atoms with Crippen molar-refractivity contribution in [3.8, 4) is 0 Å². The standard InChI is InChI=1S/C18H26BrN/c1-3-20-18(15-6-4-12(2)17(19)10-15)11-16-9-13-5-7-14(16)8-13/h4,6,10,13-14,16,18,20H,3,5,7-9,11H2,1-2H3. The second kappa shape index (κ2) is 6.19. The summed E-state index contributed by atoms with van der Waals surface area (Å²) in [6.07, 6.45) is 7.32. The summed E-state index contributed by atoms with van der Waals surface area (Å²) in [5, 5.41) is 3.71. The van der Waals surface area contributed by atoms with E-state index in [0.29, 0.717) is 6.04 Å². The highest BCUT2D eigenvalue weighted by Gasteiger charge is 2.40. The van der Waals surface area contributed by atoms with Crippen molar-refractivity contribution in [3.05, 3.63) is 33.8 Å². The van der Waals surface area contributed by atoms with Crippen LogP contribution in [0.4, 0.5) is 0 Å². The summed E-state index contributed by atoms with van der Waals surface area (Å²) in [4.78, 5) is 0. The van der Waals surface area contributed by atoms with Crippen LogP contribution >= 0.6 is 15.9 Å². The fraction of sp³-hybridized carbons (Fsp3) is 0.667. The van der Waals surface area contributed by atoms with Crippen LogP contribution in [0.3, 0.4) is 0 Å². The monoisotopic (exact) mass is 335 g/mol. The molecule has 1 nitrogen and oxygen atoms in total. The second-order valence-corrected chi connectivity index (χ2v) is 7.64. The summed E-state index contributed by atoms with van der Waals surface area (Å²) < 4.78 is 1.24. The van der Waals surface area contributed by atoms with Gasteiger partial charge in [0.1, 0.15) is 0 Å². The number of halogens is 1. The number of hydrogen-bond acceptors (Lipinski definition) is 1. The molecule has 0 spiro atoms. The molecule has 2 aliphatic carbocycles. The van der Waals surface area contributed by atoms with E-state index in [4.69, 9.17) is 0 Å². The number of rotatable bonds is 5. The molecule has 4 unspecified atom stereocenters. The zero-order valence-corrected chi connectivity index (χ0v) is 14.2. The quantitative estimate of drug-likeness (QED) is 0.776. The Morgan fingerprint density at radius 3 is 2.75 bits per heavy atom. The van der Waals surface area contributed by atoms with Crippen molar-refractivity contribution in [1.82, 2.24) is 5.32 Å². The molecule has 2 bridgehead atoms. The van der Waals surface area contributed by atoms with E-state index in [9.17, 15) is 0 Å². The van der Waals surface area contributed by atoms with Crippen LogP contribution in [0, 0.1) is 24.7 Å². The fourth-order valence-electron chi connectivity index (χ4n) is 4.38. The highest BCUT2D eigenvalue weighted by Crippen LogP contribution is 2.51. The van der Waals surface area contributed by atoms with Crippen molar-refractivity contribution in [3.63, 3.8) is 0 Å². The second-order valence-electron chi connectivity index (χ2n) is 6.79. The lowest BCUT2D eigenvalue weighted by atomic mass is 9.82. The lowest BCUT2D eigenvalue weighted by Gasteiger charge is -2.28. The van der Waals surface area contributed by atoms with Gasteiger partial charge in [0.05, 0.1) is 0 Å². The van der Waals surface area contributed by atoms with E-state index < -0.39 is 0 Å². The van der Waals surface area contributed by atoms with Gasteiger partial charge in [0.15, 0.2) is 0 Å². The highest BCUT2D eigenvalue weighted by atomic mass is 79.9. The van der Waals surface area contributed by atoms with E-state index in [-0.39, 0.29) is 0 Å². The number of fused-ring (bicyclic) bond motifs is 2. The third kappa shape index (κ3) is 2.96. The molecule has 2 heteroatoms. The lowest BCUT2D eigenvalue weighted by molar-refractivity contribution is 0.280. The predicted molar refractivity (Wildman–Crippen MR) is 88.9 cm³/mol. The first kappa shape index (κ1) is 14.6. The van der Waals surface area contributed by atoms with E-state index >= 15 is 0 Å².